The third-order valence-corrected chi connectivity index (χ3v) is 8.75. The van der Waals surface area contributed by atoms with Gasteiger partial charge < -0.3 is 10.2 Å². The van der Waals surface area contributed by atoms with Crippen molar-refractivity contribution < 1.29 is 35.6 Å². The van der Waals surface area contributed by atoms with E-state index in [0.29, 0.717) is 28.9 Å². The van der Waals surface area contributed by atoms with Crippen molar-refractivity contribution in [2.45, 2.75) is 56.8 Å². The summed E-state index contributed by atoms with van der Waals surface area (Å²) >= 11 is 5.79. The Hall–Kier alpha value is -3.64. The Morgan fingerprint density at radius 2 is 1.63 bits per heavy atom. The molecule has 0 radical (unpaired) electrons. The van der Waals surface area contributed by atoms with Crippen LogP contribution in [-0.4, -0.2) is 44.3 Å². The van der Waals surface area contributed by atoms with E-state index in [4.69, 9.17) is 11.6 Å². The third-order valence-electron chi connectivity index (χ3n) is 6.64. The highest BCUT2D eigenvalue weighted by Gasteiger charge is 2.37. The van der Waals surface area contributed by atoms with Gasteiger partial charge in [-0.1, -0.05) is 62.2 Å². The minimum atomic E-state index is -4.90. The highest BCUT2D eigenvalue weighted by atomic mass is 35.5. The molecule has 0 heterocycles. The number of alkyl halides is 3. The van der Waals surface area contributed by atoms with Crippen LogP contribution in [0.4, 0.5) is 23.2 Å². The van der Waals surface area contributed by atoms with Gasteiger partial charge in [-0.2, -0.15) is 13.2 Å². The van der Waals surface area contributed by atoms with Crippen LogP contribution in [-0.2, 0) is 32.3 Å². The van der Waals surface area contributed by atoms with E-state index in [1.165, 1.54) is 48.5 Å². The average Bonchev–Trinajstić information content (AvgIpc) is 2.97. The van der Waals surface area contributed by atoms with Crippen LogP contribution >= 0.6 is 11.6 Å². The number of carbonyl (C=O) groups excluding carboxylic acids is 2. The Morgan fingerprint density at radius 1 is 0.977 bits per heavy atom. The van der Waals surface area contributed by atoms with Crippen LogP contribution in [0.15, 0.2) is 77.7 Å². The molecule has 0 fully saturated rings. The molecule has 0 aliphatic carbocycles. The van der Waals surface area contributed by atoms with E-state index in [1.807, 2.05) is 6.92 Å². The number of hydrogen-bond donors (Lipinski definition) is 1. The molecule has 3 aromatic carbocycles. The maximum atomic E-state index is 14.0. The van der Waals surface area contributed by atoms with Gasteiger partial charge in [-0.05, 0) is 60.9 Å². The number of sulfonamides is 1. The lowest BCUT2D eigenvalue weighted by molar-refractivity contribution is -0.140. The number of unbranched alkanes of at least 4 members (excludes halogenated alkanes) is 1. The second kappa shape index (κ2) is 14.7. The lowest BCUT2D eigenvalue weighted by Crippen LogP contribution is -2.52. The summed E-state index contributed by atoms with van der Waals surface area (Å²) < 4.78 is 83.0. The number of nitrogens with zero attached hydrogens (tertiary/aromatic N) is 2. The Bertz CT molecular complexity index is 1500. The predicted molar refractivity (Wildman–Crippen MR) is 156 cm³/mol. The van der Waals surface area contributed by atoms with Crippen LogP contribution in [0.1, 0.15) is 44.2 Å². The number of anilines is 1. The van der Waals surface area contributed by atoms with Crippen molar-refractivity contribution in [3.8, 4) is 0 Å². The largest absolute Gasteiger partial charge is 0.417 e. The van der Waals surface area contributed by atoms with Crippen LogP contribution in [0.25, 0.3) is 0 Å². The number of benzene rings is 3. The van der Waals surface area contributed by atoms with E-state index in [-0.39, 0.29) is 17.9 Å². The summed E-state index contributed by atoms with van der Waals surface area (Å²) in [5.74, 6) is -1.85. The van der Waals surface area contributed by atoms with E-state index in [9.17, 15) is 35.6 Å². The minimum absolute atomic E-state index is 0.148. The average molecular weight is 642 g/mol. The van der Waals surface area contributed by atoms with E-state index in [2.05, 4.69) is 5.32 Å². The number of halogens is 5. The Morgan fingerprint density at radius 3 is 2.21 bits per heavy atom. The van der Waals surface area contributed by atoms with Crippen molar-refractivity contribution in [3.63, 3.8) is 0 Å². The Balaban J connectivity index is 2.11. The molecule has 0 spiro atoms. The van der Waals surface area contributed by atoms with Crippen molar-refractivity contribution >= 4 is 39.1 Å². The van der Waals surface area contributed by atoms with Crippen molar-refractivity contribution in [2.75, 3.05) is 17.4 Å². The summed E-state index contributed by atoms with van der Waals surface area (Å²) in [6.07, 6.45) is -3.26. The van der Waals surface area contributed by atoms with Gasteiger partial charge in [-0.25, -0.2) is 12.8 Å². The maximum absolute atomic E-state index is 14.0. The second-order valence-corrected chi connectivity index (χ2v) is 12.0. The lowest BCUT2D eigenvalue weighted by atomic mass is 10.1. The first kappa shape index (κ1) is 33.9. The second-order valence-electron chi connectivity index (χ2n) is 9.70. The molecule has 232 valence electrons. The molecule has 0 aliphatic rings. The van der Waals surface area contributed by atoms with Gasteiger partial charge in [-0.15, -0.1) is 0 Å². The Kier molecular flexibility index (Phi) is 11.6. The summed E-state index contributed by atoms with van der Waals surface area (Å²) in [6, 6.07) is 13.6. The van der Waals surface area contributed by atoms with E-state index in [1.54, 1.807) is 13.0 Å². The normalized spacial score (nSPS) is 12.4. The van der Waals surface area contributed by atoms with Gasteiger partial charge in [0, 0.05) is 13.1 Å². The fraction of sp³-hybridized carbons (Fsp3) is 0.333. The van der Waals surface area contributed by atoms with Gasteiger partial charge >= 0.3 is 6.18 Å². The summed E-state index contributed by atoms with van der Waals surface area (Å²) in [6.45, 7) is 2.84. The zero-order valence-electron chi connectivity index (χ0n) is 23.6. The molecule has 0 unspecified atom stereocenters. The molecule has 3 aromatic rings. The number of amides is 2. The van der Waals surface area contributed by atoms with E-state index >= 15 is 0 Å². The highest BCUT2D eigenvalue weighted by Crippen LogP contribution is 2.38. The summed E-state index contributed by atoms with van der Waals surface area (Å²) in [5.41, 5.74) is -1.27. The molecule has 0 saturated heterocycles. The van der Waals surface area contributed by atoms with Crippen LogP contribution in [0, 0.1) is 5.82 Å². The van der Waals surface area contributed by atoms with Gasteiger partial charge in [0.15, 0.2) is 0 Å². The smallest absolute Gasteiger partial charge is 0.354 e. The molecule has 43 heavy (non-hydrogen) atoms. The zero-order chi connectivity index (χ0) is 31.8. The van der Waals surface area contributed by atoms with Crippen molar-refractivity contribution in [2.24, 2.45) is 0 Å². The first-order valence-corrected chi connectivity index (χ1v) is 15.4. The standard InChI is InChI=1S/C30H32ClF4N3O4S/c1-3-5-17-36-29(40)27(4-2)37(19-21-11-13-22(32)14-12-21)28(39)20-38(43(41,42)24-9-7-6-8-10-24)23-15-16-26(31)25(18-23)30(33,34)35/h6-16,18,27H,3-5,17,19-20H2,1-2H3,(H,36,40)/t27-/m0/s1. The molecule has 2 amide bonds. The fourth-order valence-electron chi connectivity index (χ4n) is 4.35. The lowest BCUT2D eigenvalue weighted by Gasteiger charge is -2.33. The van der Waals surface area contributed by atoms with Crippen LogP contribution < -0.4 is 9.62 Å². The highest BCUT2D eigenvalue weighted by molar-refractivity contribution is 7.92. The number of rotatable bonds is 13. The van der Waals surface area contributed by atoms with E-state index < -0.39 is 62.7 Å². The number of nitrogens with one attached hydrogen (secondary N) is 1. The van der Waals surface area contributed by atoms with Gasteiger partial charge in [0.1, 0.15) is 18.4 Å². The molecular formula is C30H32ClF4N3O4S. The van der Waals surface area contributed by atoms with Gasteiger partial charge in [0.05, 0.1) is 21.2 Å². The SMILES string of the molecule is CCCCNC(=O)[C@H](CC)N(Cc1ccc(F)cc1)C(=O)CN(c1ccc(Cl)c(C(F)(F)F)c1)S(=O)(=O)c1ccccc1. The fourth-order valence-corrected chi connectivity index (χ4v) is 6.00. The van der Waals surface area contributed by atoms with Crippen LogP contribution in [0.2, 0.25) is 5.02 Å². The van der Waals surface area contributed by atoms with Gasteiger partial charge in [0.25, 0.3) is 10.0 Å². The van der Waals surface area contributed by atoms with Gasteiger partial charge in [0.2, 0.25) is 11.8 Å². The van der Waals surface area contributed by atoms with E-state index in [0.717, 1.165) is 23.5 Å². The predicted octanol–water partition coefficient (Wildman–Crippen LogP) is 6.42. The topological polar surface area (TPSA) is 86.8 Å². The molecule has 3 rings (SSSR count). The molecule has 0 bridgehead atoms. The molecule has 0 aliphatic heterocycles. The maximum Gasteiger partial charge on any atom is 0.417 e. The summed E-state index contributed by atoms with van der Waals surface area (Å²) in [4.78, 5) is 28.0. The summed E-state index contributed by atoms with van der Waals surface area (Å²) in [7, 11) is -4.58. The number of carbonyl (C=O) groups is 2. The van der Waals surface area contributed by atoms with Crippen LogP contribution in [0.5, 0.6) is 0 Å². The molecule has 1 atom stereocenters. The zero-order valence-corrected chi connectivity index (χ0v) is 25.1. The minimum Gasteiger partial charge on any atom is -0.354 e. The Labute approximate surface area is 253 Å². The van der Waals surface area contributed by atoms with Crippen molar-refractivity contribution in [1.82, 2.24) is 10.2 Å². The quantitative estimate of drug-likeness (QED) is 0.172. The molecular weight excluding hydrogens is 610 g/mol. The molecule has 13 heteroatoms. The van der Waals surface area contributed by atoms with Crippen LogP contribution in [0.3, 0.4) is 0 Å². The van der Waals surface area contributed by atoms with Crippen molar-refractivity contribution in [3.05, 3.63) is 94.8 Å². The van der Waals surface area contributed by atoms with Gasteiger partial charge in [-0.3, -0.25) is 13.9 Å². The summed E-state index contributed by atoms with van der Waals surface area (Å²) in [5, 5.41) is 2.13. The molecule has 0 aromatic heterocycles. The number of hydrogen-bond acceptors (Lipinski definition) is 4. The van der Waals surface area contributed by atoms with Crippen molar-refractivity contribution in [1.29, 1.82) is 0 Å². The first-order chi connectivity index (χ1) is 20.3. The molecule has 0 saturated carbocycles. The third kappa shape index (κ3) is 8.70. The first-order valence-electron chi connectivity index (χ1n) is 13.6. The molecule has 1 N–H and O–H groups in total. The molecule has 7 nitrogen and oxygen atoms in total. The monoisotopic (exact) mass is 641 g/mol.